The Bertz CT molecular complexity index is 732. The molecule has 0 aromatic heterocycles. The number of methoxy groups -OCH3 is 1. The van der Waals surface area contributed by atoms with Crippen LogP contribution in [0.5, 0.6) is 11.5 Å². The summed E-state index contributed by atoms with van der Waals surface area (Å²) < 4.78 is 11.6. The Morgan fingerprint density at radius 3 is 3.00 bits per heavy atom. The van der Waals surface area contributed by atoms with Crippen molar-refractivity contribution in [3.05, 3.63) is 23.3 Å². The topological polar surface area (TPSA) is 59.0 Å². The summed E-state index contributed by atoms with van der Waals surface area (Å²) in [6.07, 6.45) is 1.89. The van der Waals surface area contributed by atoms with E-state index < -0.39 is 17.1 Å². The summed E-state index contributed by atoms with van der Waals surface area (Å²) in [6, 6.07) is 4.05. The number of ether oxygens (including phenoxy) is 2. The minimum atomic E-state index is -0.900. The van der Waals surface area contributed by atoms with Gasteiger partial charge >= 0.3 is 0 Å². The maximum absolute atomic E-state index is 12.7. The number of likely N-dealkylation sites (N-methyl/N-ethyl adjacent to an activating group) is 1. The van der Waals surface area contributed by atoms with Gasteiger partial charge in [-0.15, -0.1) is 0 Å². The number of piperidine rings is 1. The Labute approximate surface area is 135 Å². The summed E-state index contributed by atoms with van der Waals surface area (Å²) >= 11 is 0. The van der Waals surface area contributed by atoms with Crippen molar-refractivity contribution in [2.24, 2.45) is 0 Å². The zero-order valence-corrected chi connectivity index (χ0v) is 13.5. The number of ketones is 1. The van der Waals surface area contributed by atoms with Crippen molar-refractivity contribution >= 4 is 5.78 Å². The van der Waals surface area contributed by atoms with Crippen LogP contribution in [0, 0.1) is 0 Å². The van der Waals surface area contributed by atoms with Crippen LogP contribution >= 0.6 is 0 Å². The maximum atomic E-state index is 12.7. The van der Waals surface area contributed by atoms with Gasteiger partial charge in [0.25, 0.3) is 0 Å². The van der Waals surface area contributed by atoms with E-state index in [-0.39, 0.29) is 11.8 Å². The summed E-state index contributed by atoms with van der Waals surface area (Å²) in [5, 5.41) is 11.7. The van der Waals surface area contributed by atoms with E-state index in [1.54, 1.807) is 7.11 Å². The molecular weight excluding hydrogens is 294 g/mol. The number of rotatable bonds is 1. The number of hydrogen-bond donors (Lipinski definition) is 1. The third-order valence-electron chi connectivity index (χ3n) is 6.73. The van der Waals surface area contributed by atoms with Crippen LogP contribution in [0.4, 0.5) is 0 Å². The Morgan fingerprint density at radius 2 is 2.22 bits per heavy atom. The van der Waals surface area contributed by atoms with Gasteiger partial charge in [-0.05, 0) is 44.5 Å². The van der Waals surface area contributed by atoms with Gasteiger partial charge in [-0.25, -0.2) is 0 Å². The van der Waals surface area contributed by atoms with Crippen LogP contribution in [0.3, 0.4) is 0 Å². The van der Waals surface area contributed by atoms with E-state index in [1.807, 2.05) is 6.07 Å². The first-order valence-corrected chi connectivity index (χ1v) is 8.35. The van der Waals surface area contributed by atoms with Crippen LogP contribution in [0.1, 0.15) is 30.4 Å². The first-order valence-electron chi connectivity index (χ1n) is 8.35. The highest BCUT2D eigenvalue weighted by atomic mass is 16.5. The molecule has 5 rings (SSSR count). The summed E-state index contributed by atoms with van der Waals surface area (Å²) in [4.78, 5) is 14.9. The second-order valence-electron chi connectivity index (χ2n) is 7.44. The lowest BCUT2D eigenvalue weighted by Crippen LogP contribution is -2.76. The van der Waals surface area contributed by atoms with Crippen LogP contribution in [-0.4, -0.2) is 54.2 Å². The zero-order chi connectivity index (χ0) is 16.0. The molecule has 23 heavy (non-hydrogen) atoms. The largest absolute Gasteiger partial charge is 0.493 e. The van der Waals surface area contributed by atoms with Gasteiger partial charge in [-0.3, -0.25) is 4.79 Å². The van der Waals surface area contributed by atoms with Gasteiger partial charge < -0.3 is 19.5 Å². The lowest BCUT2D eigenvalue weighted by atomic mass is 9.49. The predicted molar refractivity (Wildman–Crippen MR) is 83.0 cm³/mol. The predicted octanol–water partition coefficient (Wildman–Crippen LogP) is 1.05. The average Bonchev–Trinajstić information content (AvgIpc) is 2.90. The van der Waals surface area contributed by atoms with Gasteiger partial charge in [0, 0.05) is 18.0 Å². The average molecular weight is 315 g/mol. The van der Waals surface area contributed by atoms with E-state index in [9.17, 15) is 9.90 Å². The molecule has 1 spiro atoms. The number of hydrogen-bond acceptors (Lipinski definition) is 5. The molecule has 4 atom stereocenters. The second kappa shape index (κ2) is 4.08. The van der Waals surface area contributed by atoms with Crippen LogP contribution in [-0.2, 0) is 16.6 Å². The summed E-state index contributed by atoms with van der Waals surface area (Å²) in [7, 11) is 3.70. The first kappa shape index (κ1) is 13.8. The Morgan fingerprint density at radius 1 is 1.39 bits per heavy atom. The van der Waals surface area contributed by atoms with E-state index in [2.05, 4.69) is 18.0 Å². The molecule has 122 valence electrons. The van der Waals surface area contributed by atoms with E-state index in [0.29, 0.717) is 24.3 Å². The minimum Gasteiger partial charge on any atom is -0.493 e. The van der Waals surface area contributed by atoms with E-state index in [1.165, 1.54) is 5.56 Å². The van der Waals surface area contributed by atoms with E-state index in [4.69, 9.17) is 9.47 Å². The summed E-state index contributed by atoms with van der Waals surface area (Å²) in [5.74, 6) is 1.47. The van der Waals surface area contributed by atoms with Crippen LogP contribution in [0.2, 0.25) is 0 Å². The fourth-order valence-electron chi connectivity index (χ4n) is 5.69. The number of Topliss-reactive ketones (excluding diaryl/α,β-unsaturated/α-hetero) is 1. The third kappa shape index (κ3) is 1.32. The number of benzene rings is 1. The van der Waals surface area contributed by atoms with Crippen molar-refractivity contribution in [2.75, 3.05) is 20.7 Å². The molecule has 1 saturated heterocycles. The zero-order valence-electron chi connectivity index (χ0n) is 13.5. The van der Waals surface area contributed by atoms with Crippen LogP contribution in [0.15, 0.2) is 12.1 Å². The number of carbonyl (C=O) groups excluding carboxylic acids is 1. The van der Waals surface area contributed by atoms with Crippen molar-refractivity contribution in [1.29, 1.82) is 0 Å². The van der Waals surface area contributed by atoms with Gasteiger partial charge in [0.2, 0.25) is 0 Å². The number of carbonyl (C=O) groups is 1. The molecule has 5 nitrogen and oxygen atoms in total. The fraction of sp³-hybridized carbons (Fsp3) is 0.611. The molecule has 0 amide bonds. The molecule has 1 saturated carbocycles. The van der Waals surface area contributed by atoms with Crippen LogP contribution < -0.4 is 9.47 Å². The highest BCUT2D eigenvalue weighted by Gasteiger charge is 2.72. The molecule has 2 aliphatic heterocycles. The molecule has 2 bridgehead atoms. The van der Waals surface area contributed by atoms with Crippen molar-refractivity contribution in [2.45, 2.75) is 48.8 Å². The Balaban J connectivity index is 1.86. The molecule has 4 aliphatic rings. The Kier molecular flexibility index (Phi) is 2.45. The molecule has 2 heterocycles. The minimum absolute atomic E-state index is 0.0438. The van der Waals surface area contributed by atoms with Gasteiger partial charge in [0.1, 0.15) is 0 Å². The van der Waals surface area contributed by atoms with Crippen molar-refractivity contribution in [1.82, 2.24) is 4.90 Å². The third-order valence-corrected chi connectivity index (χ3v) is 6.73. The maximum Gasteiger partial charge on any atom is 0.174 e. The van der Waals surface area contributed by atoms with Crippen molar-refractivity contribution < 1.29 is 19.4 Å². The molecule has 2 fully saturated rings. The van der Waals surface area contributed by atoms with Gasteiger partial charge in [-0.2, -0.15) is 0 Å². The summed E-state index contributed by atoms with van der Waals surface area (Å²) in [5.41, 5.74) is 0.737. The number of likely N-dealkylation sites (tertiary alicyclic amines) is 1. The molecule has 1 N–H and O–H groups in total. The second-order valence-corrected chi connectivity index (χ2v) is 7.44. The normalized spacial score (nSPS) is 40.6. The quantitative estimate of drug-likeness (QED) is 0.839. The molecule has 1 unspecified atom stereocenters. The lowest BCUT2D eigenvalue weighted by molar-refractivity contribution is -0.185. The SMILES string of the molecule is COc1ccc2c3c1O[C@H]1C(=O)CCC4(O)[C@@H](C2)N(C)CC[C@@]314. The smallest absolute Gasteiger partial charge is 0.174 e. The molecule has 1 aromatic carbocycles. The Hall–Kier alpha value is -1.59. The van der Waals surface area contributed by atoms with Gasteiger partial charge in [0.05, 0.1) is 18.1 Å². The standard InChI is InChI=1S/C18H21NO4/c1-19-8-7-17-14-10-3-4-12(22-2)15(14)23-16(17)11(20)5-6-18(17,21)13(19)9-10/h3-4,13,16,21H,5-9H2,1-2H3/t13-,16+,17-,18?/m1/s1. The highest BCUT2D eigenvalue weighted by Crippen LogP contribution is 2.64. The highest BCUT2D eigenvalue weighted by molar-refractivity contribution is 5.90. The molecular formula is C18H21NO4. The lowest BCUT2D eigenvalue weighted by Gasteiger charge is -2.62. The van der Waals surface area contributed by atoms with Gasteiger partial charge in [-0.1, -0.05) is 6.07 Å². The molecule has 5 heteroatoms. The van der Waals surface area contributed by atoms with Crippen LogP contribution in [0.25, 0.3) is 0 Å². The summed E-state index contributed by atoms with van der Waals surface area (Å²) in [6.45, 7) is 0.871. The molecule has 0 radical (unpaired) electrons. The number of nitrogens with zero attached hydrogens (tertiary/aromatic N) is 1. The molecule has 1 aromatic rings. The first-order chi connectivity index (χ1) is 11.0. The monoisotopic (exact) mass is 315 g/mol. The van der Waals surface area contributed by atoms with Gasteiger partial charge in [0.15, 0.2) is 23.4 Å². The fourth-order valence-corrected chi connectivity index (χ4v) is 5.69. The van der Waals surface area contributed by atoms with Crippen molar-refractivity contribution in [3.8, 4) is 11.5 Å². The van der Waals surface area contributed by atoms with E-state index in [0.717, 1.165) is 24.9 Å². The molecule has 2 aliphatic carbocycles. The number of aliphatic hydroxyl groups is 1. The van der Waals surface area contributed by atoms with Crippen molar-refractivity contribution in [3.63, 3.8) is 0 Å². The van der Waals surface area contributed by atoms with E-state index >= 15 is 0 Å².